The molecule has 0 atom stereocenters. The molecule has 0 aliphatic heterocycles. The van der Waals surface area contributed by atoms with Crippen molar-refractivity contribution in [2.75, 3.05) is 28.4 Å². The Morgan fingerprint density at radius 2 is 1.60 bits per heavy atom. The van der Waals surface area contributed by atoms with E-state index in [1.807, 2.05) is 30.3 Å². The van der Waals surface area contributed by atoms with Crippen LogP contribution < -0.4 is 29.0 Å². The second-order valence-electron chi connectivity index (χ2n) is 6.23. The first-order valence-corrected chi connectivity index (χ1v) is 9.75. The molecule has 0 aliphatic rings. The van der Waals surface area contributed by atoms with Crippen molar-refractivity contribution in [2.24, 2.45) is 0 Å². The average molecular weight is 425 g/mol. The fraction of sp³-hybridized carbons (Fsp3) is 0.190. The van der Waals surface area contributed by atoms with Gasteiger partial charge < -0.3 is 18.9 Å². The van der Waals surface area contributed by atoms with Crippen LogP contribution in [0.4, 0.5) is 0 Å². The van der Waals surface area contributed by atoms with E-state index in [2.05, 4.69) is 10.1 Å². The van der Waals surface area contributed by atoms with Gasteiger partial charge >= 0.3 is 0 Å². The molecule has 154 valence electrons. The minimum absolute atomic E-state index is 0.225. The number of rotatable bonds is 6. The second-order valence-corrected chi connectivity index (χ2v) is 7.24. The predicted molar refractivity (Wildman–Crippen MR) is 114 cm³/mol. The van der Waals surface area contributed by atoms with Crippen LogP contribution in [0.25, 0.3) is 22.4 Å². The van der Waals surface area contributed by atoms with Crippen molar-refractivity contribution in [2.45, 2.75) is 0 Å². The van der Waals surface area contributed by atoms with Gasteiger partial charge in [-0.15, -0.1) is 5.10 Å². The van der Waals surface area contributed by atoms with Crippen LogP contribution in [-0.2, 0) is 0 Å². The topological polar surface area (TPSA) is 84.2 Å². The molecule has 0 aliphatic carbocycles. The van der Waals surface area contributed by atoms with E-state index >= 15 is 0 Å². The van der Waals surface area contributed by atoms with Crippen LogP contribution in [0.2, 0.25) is 0 Å². The zero-order chi connectivity index (χ0) is 21.3. The third-order valence-corrected chi connectivity index (χ3v) is 5.48. The largest absolute Gasteiger partial charge is 0.497 e. The van der Waals surface area contributed by atoms with Crippen LogP contribution in [-0.4, -0.2) is 43.0 Å². The van der Waals surface area contributed by atoms with Gasteiger partial charge in [-0.25, -0.2) is 0 Å². The van der Waals surface area contributed by atoms with Crippen molar-refractivity contribution in [3.05, 3.63) is 56.8 Å². The molecule has 4 rings (SSSR count). The summed E-state index contributed by atoms with van der Waals surface area (Å²) in [6, 6.07) is 10.9. The molecule has 0 amide bonds. The third kappa shape index (κ3) is 3.43. The van der Waals surface area contributed by atoms with Gasteiger partial charge in [0.2, 0.25) is 10.7 Å². The highest BCUT2D eigenvalue weighted by molar-refractivity contribution is 7.15. The minimum Gasteiger partial charge on any atom is -0.497 e. The Kier molecular flexibility index (Phi) is 5.28. The molecular weight excluding hydrogens is 406 g/mol. The average Bonchev–Trinajstić information content (AvgIpc) is 3.32. The number of hydrogen-bond donors (Lipinski definition) is 0. The summed E-state index contributed by atoms with van der Waals surface area (Å²) < 4.78 is 23.1. The molecule has 9 heteroatoms. The smallest absolute Gasteiger partial charge is 0.291 e. The zero-order valence-electron chi connectivity index (χ0n) is 16.8. The zero-order valence-corrected chi connectivity index (χ0v) is 17.6. The summed E-state index contributed by atoms with van der Waals surface area (Å²) in [5, 5.41) is 4.39. The maximum absolute atomic E-state index is 12.8. The summed E-state index contributed by atoms with van der Waals surface area (Å²) in [7, 11) is 6.23. The predicted octanol–water partition coefficient (Wildman–Crippen LogP) is 2.40. The Bertz CT molecular complexity index is 1290. The first-order valence-electron chi connectivity index (χ1n) is 8.93. The Labute approximate surface area is 175 Å². The van der Waals surface area contributed by atoms with Crippen molar-refractivity contribution in [1.29, 1.82) is 0 Å². The third-order valence-electron chi connectivity index (χ3n) is 4.52. The summed E-state index contributed by atoms with van der Waals surface area (Å²) in [6.45, 7) is 0. The summed E-state index contributed by atoms with van der Waals surface area (Å²) in [4.78, 5) is 17.8. The summed E-state index contributed by atoms with van der Waals surface area (Å²) >= 11 is 1.27. The molecule has 0 fully saturated rings. The molecule has 8 nitrogen and oxygen atoms in total. The molecule has 2 aromatic heterocycles. The SMILES string of the molecule is COc1ccc(C=c2sc3nc(-c4cc(OC)c(OC)c(OC)c4)nn3c2=O)cc1. The lowest BCUT2D eigenvalue weighted by atomic mass is 10.1. The van der Waals surface area contributed by atoms with Crippen molar-refractivity contribution >= 4 is 22.4 Å². The number of methoxy groups -OCH3 is 4. The van der Waals surface area contributed by atoms with Crippen molar-refractivity contribution in [1.82, 2.24) is 14.6 Å². The fourth-order valence-corrected chi connectivity index (χ4v) is 3.93. The van der Waals surface area contributed by atoms with Crippen molar-refractivity contribution in [3.63, 3.8) is 0 Å². The van der Waals surface area contributed by atoms with Gasteiger partial charge in [0.15, 0.2) is 17.3 Å². The number of fused-ring (bicyclic) bond motifs is 1. The molecule has 2 heterocycles. The van der Waals surface area contributed by atoms with Crippen molar-refractivity contribution in [3.8, 4) is 34.4 Å². The van der Waals surface area contributed by atoms with Crippen LogP contribution in [0.1, 0.15) is 5.56 Å². The molecule has 0 bridgehead atoms. The number of benzene rings is 2. The molecule has 0 radical (unpaired) electrons. The Hall–Kier alpha value is -3.59. The van der Waals surface area contributed by atoms with E-state index < -0.39 is 0 Å². The number of ether oxygens (including phenoxy) is 4. The van der Waals surface area contributed by atoms with Crippen LogP contribution in [0.15, 0.2) is 41.2 Å². The summed E-state index contributed by atoms with van der Waals surface area (Å²) in [5.74, 6) is 2.60. The quantitative estimate of drug-likeness (QED) is 0.469. The van der Waals surface area contributed by atoms with E-state index in [1.54, 1.807) is 19.2 Å². The standard InChI is InChI=1S/C21H19N3O5S/c1-26-14-7-5-12(6-8-14)9-17-20(25)24-21(30-17)22-19(23-24)13-10-15(27-2)18(29-4)16(11-13)28-3/h5-11H,1-4H3. The number of hydrogen-bond acceptors (Lipinski definition) is 8. The number of thiazole rings is 1. The van der Waals surface area contributed by atoms with Gasteiger partial charge in [0.05, 0.1) is 33.0 Å². The van der Waals surface area contributed by atoms with Gasteiger partial charge in [-0.2, -0.15) is 9.50 Å². The van der Waals surface area contributed by atoms with Gasteiger partial charge in [-0.3, -0.25) is 4.79 Å². The molecule has 30 heavy (non-hydrogen) atoms. The fourth-order valence-electron chi connectivity index (χ4n) is 3.02. The van der Waals surface area contributed by atoms with E-state index in [-0.39, 0.29) is 5.56 Å². The number of nitrogens with zero attached hydrogens (tertiary/aromatic N) is 3. The van der Waals surface area contributed by atoms with E-state index in [0.717, 1.165) is 11.3 Å². The lowest BCUT2D eigenvalue weighted by molar-refractivity contribution is 0.324. The summed E-state index contributed by atoms with van der Waals surface area (Å²) in [6.07, 6.45) is 1.81. The maximum atomic E-state index is 12.8. The highest BCUT2D eigenvalue weighted by Crippen LogP contribution is 2.40. The monoisotopic (exact) mass is 425 g/mol. The lowest BCUT2D eigenvalue weighted by Gasteiger charge is -2.12. The van der Waals surface area contributed by atoms with E-state index in [1.165, 1.54) is 37.2 Å². The van der Waals surface area contributed by atoms with Gasteiger partial charge in [0.1, 0.15) is 5.75 Å². The molecule has 0 spiro atoms. The van der Waals surface area contributed by atoms with E-state index in [0.29, 0.717) is 38.1 Å². The molecule has 4 aromatic rings. The number of aromatic nitrogens is 3. The second kappa shape index (κ2) is 8.03. The lowest BCUT2D eigenvalue weighted by Crippen LogP contribution is -2.23. The van der Waals surface area contributed by atoms with Crippen LogP contribution in [0.5, 0.6) is 23.0 Å². The minimum atomic E-state index is -0.225. The van der Waals surface area contributed by atoms with Gasteiger partial charge in [-0.1, -0.05) is 23.5 Å². The van der Waals surface area contributed by atoms with Gasteiger partial charge in [0, 0.05) is 5.56 Å². The molecule has 0 N–H and O–H groups in total. The molecule has 0 saturated carbocycles. The molecular formula is C21H19N3O5S. The molecule has 0 unspecified atom stereocenters. The Balaban J connectivity index is 1.77. The Morgan fingerprint density at radius 3 is 2.13 bits per heavy atom. The molecule has 2 aromatic carbocycles. The van der Waals surface area contributed by atoms with Crippen LogP contribution in [0, 0.1) is 0 Å². The van der Waals surface area contributed by atoms with E-state index in [9.17, 15) is 4.79 Å². The normalized spacial score (nSPS) is 11.7. The first-order chi connectivity index (χ1) is 14.6. The summed E-state index contributed by atoms with van der Waals surface area (Å²) in [5.41, 5.74) is 1.32. The highest BCUT2D eigenvalue weighted by Gasteiger charge is 2.18. The van der Waals surface area contributed by atoms with Crippen molar-refractivity contribution < 1.29 is 18.9 Å². The van der Waals surface area contributed by atoms with Gasteiger partial charge in [-0.05, 0) is 35.9 Å². The van der Waals surface area contributed by atoms with E-state index in [4.69, 9.17) is 18.9 Å². The molecule has 0 saturated heterocycles. The Morgan fingerprint density at radius 1 is 0.933 bits per heavy atom. The van der Waals surface area contributed by atoms with Crippen LogP contribution in [0.3, 0.4) is 0 Å². The first kappa shape index (κ1) is 19.7. The van der Waals surface area contributed by atoms with Gasteiger partial charge in [0.25, 0.3) is 5.56 Å². The maximum Gasteiger partial charge on any atom is 0.291 e. The van der Waals surface area contributed by atoms with Crippen LogP contribution >= 0.6 is 11.3 Å². The highest BCUT2D eigenvalue weighted by atomic mass is 32.1.